The number of benzene rings is 1. The van der Waals surface area contributed by atoms with E-state index in [9.17, 15) is 13.5 Å². The molecular formula is C20H34N4O3S. The topological polar surface area (TPSA) is 94.0 Å². The molecule has 158 valence electrons. The summed E-state index contributed by atoms with van der Waals surface area (Å²) in [4.78, 5) is 4.92. The van der Waals surface area contributed by atoms with Crippen molar-refractivity contribution in [1.82, 2.24) is 14.9 Å². The highest BCUT2D eigenvalue weighted by Gasteiger charge is 2.23. The van der Waals surface area contributed by atoms with E-state index in [0.717, 1.165) is 43.8 Å². The highest BCUT2D eigenvalue weighted by atomic mass is 32.2. The minimum atomic E-state index is -3.47. The van der Waals surface area contributed by atoms with Crippen molar-refractivity contribution in [2.45, 2.75) is 76.1 Å². The van der Waals surface area contributed by atoms with Gasteiger partial charge in [0, 0.05) is 25.7 Å². The van der Waals surface area contributed by atoms with Crippen molar-refractivity contribution < 1.29 is 13.5 Å². The summed E-state index contributed by atoms with van der Waals surface area (Å²) in [5.74, 6) is 0.750. The Morgan fingerprint density at radius 3 is 2.36 bits per heavy atom. The Kier molecular flexibility index (Phi) is 8.27. The van der Waals surface area contributed by atoms with Crippen molar-refractivity contribution in [1.29, 1.82) is 0 Å². The molecule has 1 saturated carbocycles. The van der Waals surface area contributed by atoms with Crippen LogP contribution in [0.2, 0.25) is 0 Å². The maximum atomic E-state index is 12.5. The van der Waals surface area contributed by atoms with E-state index < -0.39 is 10.0 Å². The van der Waals surface area contributed by atoms with E-state index in [1.807, 2.05) is 32.9 Å². The summed E-state index contributed by atoms with van der Waals surface area (Å²) in [6.45, 7) is 6.95. The molecule has 0 spiro atoms. The van der Waals surface area contributed by atoms with Crippen LogP contribution in [-0.2, 0) is 16.6 Å². The maximum Gasteiger partial charge on any atom is 0.243 e. The highest BCUT2D eigenvalue weighted by molar-refractivity contribution is 7.89. The van der Waals surface area contributed by atoms with E-state index in [0.29, 0.717) is 17.5 Å². The molecule has 0 bridgehead atoms. The molecule has 1 aromatic carbocycles. The number of aliphatic hydroxyl groups excluding tert-OH is 1. The van der Waals surface area contributed by atoms with Gasteiger partial charge in [0.2, 0.25) is 10.0 Å². The van der Waals surface area contributed by atoms with Crippen molar-refractivity contribution in [3.63, 3.8) is 0 Å². The monoisotopic (exact) mass is 410 g/mol. The average Bonchev–Trinajstić information content (AvgIpc) is 2.67. The molecule has 0 aliphatic heterocycles. The van der Waals surface area contributed by atoms with Crippen LogP contribution in [0, 0.1) is 0 Å². The Morgan fingerprint density at radius 2 is 1.82 bits per heavy atom. The van der Waals surface area contributed by atoms with Crippen molar-refractivity contribution in [2.24, 2.45) is 4.99 Å². The molecule has 28 heavy (non-hydrogen) atoms. The summed E-state index contributed by atoms with van der Waals surface area (Å²) in [5.41, 5.74) is 0.947. The molecule has 1 aliphatic rings. The molecular weight excluding hydrogens is 376 g/mol. The molecule has 0 aromatic heterocycles. The third kappa shape index (κ3) is 6.18. The van der Waals surface area contributed by atoms with E-state index in [1.165, 1.54) is 4.31 Å². The van der Waals surface area contributed by atoms with Gasteiger partial charge in [-0.2, -0.15) is 4.31 Å². The van der Waals surface area contributed by atoms with Gasteiger partial charge in [-0.15, -0.1) is 0 Å². The summed E-state index contributed by atoms with van der Waals surface area (Å²) in [6, 6.07) is 7.13. The van der Waals surface area contributed by atoms with Gasteiger partial charge in [0.1, 0.15) is 0 Å². The molecule has 3 N–H and O–H groups in total. The van der Waals surface area contributed by atoms with Gasteiger partial charge in [-0.3, -0.25) is 0 Å². The first-order valence-corrected chi connectivity index (χ1v) is 11.5. The van der Waals surface area contributed by atoms with Gasteiger partial charge in [0.25, 0.3) is 0 Å². The third-order valence-electron chi connectivity index (χ3n) is 5.13. The summed E-state index contributed by atoms with van der Waals surface area (Å²) in [7, 11) is -1.87. The van der Waals surface area contributed by atoms with Crippen molar-refractivity contribution in [3.8, 4) is 0 Å². The minimum absolute atomic E-state index is 0.0936. The first-order valence-electron chi connectivity index (χ1n) is 10.0. The highest BCUT2D eigenvalue weighted by Crippen LogP contribution is 2.19. The quantitative estimate of drug-likeness (QED) is 0.473. The Hall–Kier alpha value is -1.64. The van der Waals surface area contributed by atoms with Crippen LogP contribution in [0.3, 0.4) is 0 Å². The summed E-state index contributed by atoms with van der Waals surface area (Å²) >= 11 is 0. The molecule has 0 amide bonds. The lowest BCUT2D eigenvalue weighted by molar-refractivity contribution is 0.120. The maximum absolute atomic E-state index is 12.5. The predicted octanol–water partition coefficient (Wildman–Crippen LogP) is 2.07. The van der Waals surface area contributed by atoms with Crippen LogP contribution in [0.4, 0.5) is 0 Å². The van der Waals surface area contributed by atoms with Crippen molar-refractivity contribution in [3.05, 3.63) is 29.8 Å². The Bertz CT molecular complexity index is 739. The fourth-order valence-corrected chi connectivity index (χ4v) is 4.48. The number of rotatable bonds is 7. The van der Waals surface area contributed by atoms with Gasteiger partial charge < -0.3 is 15.7 Å². The van der Waals surface area contributed by atoms with E-state index in [4.69, 9.17) is 0 Å². The molecule has 0 atom stereocenters. The molecule has 1 fully saturated rings. The molecule has 1 aliphatic carbocycles. The van der Waals surface area contributed by atoms with Crippen LogP contribution in [0.1, 0.15) is 52.0 Å². The number of sulfonamides is 1. The third-order valence-corrected chi connectivity index (χ3v) is 7.18. The van der Waals surface area contributed by atoms with Crippen LogP contribution in [0.25, 0.3) is 0 Å². The smallest absolute Gasteiger partial charge is 0.243 e. The fraction of sp³-hybridized carbons (Fsp3) is 0.650. The van der Waals surface area contributed by atoms with Crippen LogP contribution in [-0.4, -0.2) is 55.6 Å². The van der Waals surface area contributed by atoms with Crippen molar-refractivity contribution >= 4 is 16.0 Å². The van der Waals surface area contributed by atoms with Crippen LogP contribution >= 0.6 is 0 Å². The van der Waals surface area contributed by atoms with Crippen LogP contribution in [0.15, 0.2) is 34.2 Å². The van der Waals surface area contributed by atoms with Gasteiger partial charge in [-0.25, -0.2) is 13.4 Å². The lowest BCUT2D eigenvalue weighted by Gasteiger charge is -2.27. The fourth-order valence-electron chi connectivity index (χ4n) is 3.11. The zero-order valence-corrected chi connectivity index (χ0v) is 18.2. The largest absolute Gasteiger partial charge is 0.393 e. The summed E-state index contributed by atoms with van der Waals surface area (Å²) < 4.78 is 26.5. The number of nitrogens with one attached hydrogen (secondary N) is 2. The lowest BCUT2D eigenvalue weighted by Crippen LogP contribution is -2.45. The van der Waals surface area contributed by atoms with E-state index in [-0.39, 0.29) is 12.1 Å². The van der Waals surface area contributed by atoms with Gasteiger partial charge >= 0.3 is 0 Å². The molecule has 0 unspecified atom stereocenters. The van der Waals surface area contributed by atoms with Gasteiger partial charge in [0.15, 0.2) is 5.96 Å². The molecule has 7 nitrogen and oxygen atoms in total. The molecule has 0 radical (unpaired) electrons. The molecule has 8 heteroatoms. The summed E-state index contributed by atoms with van der Waals surface area (Å²) in [6.07, 6.45) is 3.32. The number of guanidine groups is 1. The molecule has 0 heterocycles. The van der Waals surface area contributed by atoms with Gasteiger partial charge in [-0.1, -0.05) is 12.1 Å². The zero-order valence-electron chi connectivity index (χ0n) is 17.4. The lowest BCUT2D eigenvalue weighted by atomic mass is 9.93. The number of aliphatic imine (C=N–C) groups is 1. The number of hydrogen-bond acceptors (Lipinski definition) is 4. The normalized spacial score (nSPS) is 21.2. The standard InChI is InChI=1S/C20H34N4O3S/c1-5-21-20(23-17-8-10-18(25)11-9-17)22-14-16-6-12-19(13-7-16)28(26,27)24(4)15(2)3/h6-7,12-13,15,17-18,25H,5,8-11,14H2,1-4H3,(H2,21,22,23). The molecule has 0 saturated heterocycles. The second-order valence-corrected chi connectivity index (χ2v) is 9.60. The first-order chi connectivity index (χ1) is 13.2. The Morgan fingerprint density at radius 1 is 1.21 bits per heavy atom. The number of nitrogens with zero attached hydrogens (tertiary/aromatic N) is 2. The number of aliphatic hydroxyl groups is 1. The van der Waals surface area contributed by atoms with Gasteiger partial charge in [-0.05, 0) is 64.2 Å². The van der Waals surface area contributed by atoms with Crippen LogP contribution in [0.5, 0.6) is 0 Å². The minimum Gasteiger partial charge on any atom is -0.393 e. The summed E-state index contributed by atoms with van der Waals surface area (Å²) in [5, 5.41) is 16.3. The van der Waals surface area contributed by atoms with E-state index in [1.54, 1.807) is 19.2 Å². The van der Waals surface area contributed by atoms with Crippen molar-refractivity contribution in [2.75, 3.05) is 13.6 Å². The van der Waals surface area contributed by atoms with E-state index in [2.05, 4.69) is 15.6 Å². The first kappa shape index (κ1) is 22.6. The van der Waals surface area contributed by atoms with Gasteiger partial charge in [0.05, 0.1) is 17.5 Å². The number of hydrogen-bond donors (Lipinski definition) is 3. The van der Waals surface area contributed by atoms with E-state index >= 15 is 0 Å². The van der Waals surface area contributed by atoms with Crippen LogP contribution < -0.4 is 10.6 Å². The average molecular weight is 411 g/mol. The Balaban J connectivity index is 2.02. The zero-order chi connectivity index (χ0) is 20.7. The molecule has 2 rings (SSSR count). The predicted molar refractivity (Wildman–Crippen MR) is 113 cm³/mol. The SMILES string of the molecule is CCNC(=NCc1ccc(S(=O)(=O)N(C)C(C)C)cc1)NC1CCC(O)CC1. The second kappa shape index (κ2) is 10.2. The second-order valence-electron chi connectivity index (χ2n) is 7.60. The Labute approximate surface area is 169 Å². The molecule has 1 aromatic rings.